The van der Waals surface area contributed by atoms with Gasteiger partial charge in [0.15, 0.2) is 0 Å². The van der Waals surface area contributed by atoms with E-state index in [0.29, 0.717) is 17.2 Å². The molecule has 8 heteroatoms. The van der Waals surface area contributed by atoms with Gasteiger partial charge in [-0.05, 0) is 60.7 Å². The summed E-state index contributed by atoms with van der Waals surface area (Å²) < 4.78 is 13.4. The number of piperidine rings is 1. The number of aliphatic hydroxyl groups is 1. The molecule has 3 heterocycles. The van der Waals surface area contributed by atoms with Gasteiger partial charge in [0.2, 0.25) is 0 Å². The maximum Gasteiger partial charge on any atom is 0.260 e. The molecular weight excluding hydrogens is 397 g/mol. The number of hydrogen-bond acceptors (Lipinski definition) is 6. The molecule has 31 heavy (non-hydrogen) atoms. The van der Waals surface area contributed by atoms with Crippen molar-refractivity contribution in [3.05, 3.63) is 78.0 Å². The lowest BCUT2D eigenvalue weighted by Gasteiger charge is -2.32. The summed E-state index contributed by atoms with van der Waals surface area (Å²) in [5.41, 5.74) is 1.84. The number of carbonyl (C=O) groups is 1. The topological polar surface area (TPSA) is 82.5 Å². The van der Waals surface area contributed by atoms with Gasteiger partial charge in [0, 0.05) is 31.6 Å². The monoisotopic (exact) mass is 421 g/mol. The molecule has 1 N–H and O–H groups in total. The first kappa shape index (κ1) is 20.9. The largest absolute Gasteiger partial charge is 0.396 e. The number of anilines is 2. The van der Waals surface area contributed by atoms with Crippen molar-refractivity contribution in [2.45, 2.75) is 19.4 Å². The number of carbonyl (C=O) groups excluding carboxylic acids is 1. The summed E-state index contributed by atoms with van der Waals surface area (Å²) in [6, 6.07) is 11.3. The predicted octanol–water partition coefficient (Wildman–Crippen LogP) is 3.07. The summed E-state index contributed by atoms with van der Waals surface area (Å²) in [7, 11) is 0. The molecule has 1 amide bonds. The fourth-order valence-electron chi connectivity index (χ4n) is 3.70. The second-order valence-electron chi connectivity index (χ2n) is 7.64. The first-order chi connectivity index (χ1) is 15.1. The van der Waals surface area contributed by atoms with Gasteiger partial charge in [-0.3, -0.25) is 4.79 Å². The number of hydrogen-bond donors (Lipinski definition) is 1. The highest BCUT2D eigenvalue weighted by Crippen LogP contribution is 2.24. The molecule has 1 aliphatic heterocycles. The van der Waals surface area contributed by atoms with Crippen molar-refractivity contribution >= 4 is 17.4 Å². The molecule has 160 valence electrons. The van der Waals surface area contributed by atoms with Crippen molar-refractivity contribution in [3.63, 3.8) is 0 Å². The van der Waals surface area contributed by atoms with Crippen LogP contribution in [0.25, 0.3) is 0 Å². The van der Waals surface area contributed by atoms with Gasteiger partial charge in [-0.1, -0.05) is 6.07 Å². The maximum absolute atomic E-state index is 13.4. The van der Waals surface area contributed by atoms with Crippen molar-refractivity contribution in [1.82, 2.24) is 15.2 Å². The van der Waals surface area contributed by atoms with Gasteiger partial charge >= 0.3 is 0 Å². The van der Waals surface area contributed by atoms with Crippen LogP contribution in [0.3, 0.4) is 0 Å². The van der Waals surface area contributed by atoms with E-state index in [-0.39, 0.29) is 24.9 Å². The van der Waals surface area contributed by atoms with Crippen LogP contribution in [0.5, 0.6) is 0 Å². The molecule has 0 radical (unpaired) electrons. The number of halogens is 1. The van der Waals surface area contributed by atoms with E-state index in [1.165, 1.54) is 24.5 Å². The third kappa shape index (κ3) is 5.03. The Labute approximate surface area is 180 Å². The van der Waals surface area contributed by atoms with Gasteiger partial charge in [-0.2, -0.15) is 10.2 Å². The normalized spacial score (nSPS) is 14.5. The average molecular weight is 421 g/mol. The zero-order chi connectivity index (χ0) is 21.6. The van der Waals surface area contributed by atoms with Crippen LogP contribution in [0, 0.1) is 11.7 Å². The van der Waals surface area contributed by atoms with E-state index in [4.69, 9.17) is 0 Å². The van der Waals surface area contributed by atoms with Gasteiger partial charge in [0.25, 0.3) is 5.91 Å². The minimum Gasteiger partial charge on any atom is -0.396 e. The van der Waals surface area contributed by atoms with Crippen molar-refractivity contribution < 1.29 is 14.3 Å². The minimum absolute atomic E-state index is 0.237. The molecule has 3 aromatic rings. The van der Waals surface area contributed by atoms with Crippen LogP contribution in [0.2, 0.25) is 0 Å². The Kier molecular flexibility index (Phi) is 6.47. The molecule has 0 spiro atoms. The van der Waals surface area contributed by atoms with Crippen LogP contribution in [-0.2, 0) is 6.54 Å². The molecular formula is C23H24FN5O2. The first-order valence-electron chi connectivity index (χ1n) is 10.3. The number of benzene rings is 1. The number of nitrogens with zero attached hydrogens (tertiary/aromatic N) is 5. The molecule has 0 aliphatic carbocycles. The summed E-state index contributed by atoms with van der Waals surface area (Å²) in [6.07, 6.45) is 6.55. The lowest BCUT2D eigenvalue weighted by Crippen LogP contribution is -2.35. The Balaban J connectivity index is 1.53. The summed E-state index contributed by atoms with van der Waals surface area (Å²) in [6.45, 7) is 2.26. The molecule has 1 fully saturated rings. The third-order valence-corrected chi connectivity index (χ3v) is 5.56. The number of aromatic nitrogens is 3. The third-order valence-electron chi connectivity index (χ3n) is 5.56. The average Bonchev–Trinajstić information content (AvgIpc) is 2.84. The highest BCUT2D eigenvalue weighted by atomic mass is 19.1. The molecule has 4 rings (SSSR count). The minimum atomic E-state index is -0.363. The summed E-state index contributed by atoms with van der Waals surface area (Å²) in [5, 5.41) is 16.8. The Hall–Kier alpha value is -3.39. The zero-order valence-corrected chi connectivity index (χ0v) is 17.1. The Bertz CT molecular complexity index is 991. The molecule has 0 saturated carbocycles. The Morgan fingerprint density at radius 1 is 1.06 bits per heavy atom. The van der Waals surface area contributed by atoms with E-state index < -0.39 is 0 Å². The quantitative estimate of drug-likeness (QED) is 0.659. The predicted molar refractivity (Wildman–Crippen MR) is 115 cm³/mol. The van der Waals surface area contributed by atoms with Gasteiger partial charge in [0.1, 0.15) is 11.6 Å². The van der Waals surface area contributed by atoms with Crippen LogP contribution in [0.4, 0.5) is 15.9 Å². The highest BCUT2D eigenvalue weighted by Gasteiger charge is 2.21. The summed E-state index contributed by atoms with van der Waals surface area (Å²) in [4.78, 5) is 21.5. The van der Waals surface area contributed by atoms with Crippen molar-refractivity contribution in [3.8, 4) is 0 Å². The lowest BCUT2D eigenvalue weighted by molar-refractivity contribution is 0.0984. The number of pyridine rings is 1. The van der Waals surface area contributed by atoms with Gasteiger partial charge < -0.3 is 14.9 Å². The zero-order valence-electron chi connectivity index (χ0n) is 17.1. The Morgan fingerprint density at radius 2 is 1.84 bits per heavy atom. The fraction of sp³-hybridized carbons (Fsp3) is 0.304. The van der Waals surface area contributed by atoms with Crippen LogP contribution in [0.1, 0.15) is 28.8 Å². The van der Waals surface area contributed by atoms with E-state index >= 15 is 0 Å². The maximum atomic E-state index is 13.4. The standard InChI is InChI=1S/C23H24FN5O2/c24-20-2-4-21(5-3-20)29(23(31)19-7-10-26-27-14-19)15-18-1-6-22(25-13-18)28-11-8-17(16-30)9-12-28/h1-7,10,13-14,17,30H,8-9,11-12,15-16H2. The van der Waals surface area contributed by atoms with Crippen molar-refractivity contribution in [1.29, 1.82) is 0 Å². The molecule has 2 aromatic heterocycles. The van der Waals surface area contributed by atoms with Gasteiger partial charge in [-0.25, -0.2) is 9.37 Å². The SMILES string of the molecule is O=C(c1ccnnc1)N(Cc1ccc(N2CCC(CO)CC2)nc1)c1ccc(F)cc1. The Morgan fingerprint density at radius 3 is 2.45 bits per heavy atom. The number of amides is 1. The first-order valence-corrected chi connectivity index (χ1v) is 10.3. The molecule has 0 unspecified atom stereocenters. The van der Waals surface area contributed by atoms with Crippen LogP contribution in [0.15, 0.2) is 61.1 Å². The van der Waals surface area contributed by atoms with E-state index in [0.717, 1.165) is 37.3 Å². The summed E-state index contributed by atoms with van der Waals surface area (Å²) >= 11 is 0. The van der Waals surface area contributed by atoms with E-state index in [1.54, 1.807) is 29.3 Å². The van der Waals surface area contributed by atoms with Gasteiger partial charge in [-0.15, -0.1) is 0 Å². The van der Waals surface area contributed by atoms with Gasteiger partial charge in [0.05, 0.1) is 24.5 Å². The van der Waals surface area contributed by atoms with E-state index in [9.17, 15) is 14.3 Å². The van der Waals surface area contributed by atoms with Crippen molar-refractivity contribution in [2.75, 3.05) is 29.5 Å². The second-order valence-corrected chi connectivity index (χ2v) is 7.64. The molecule has 1 aliphatic rings. The van der Waals surface area contributed by atoms with Crippen LogP contribution < -0.4 is 9.80 Å². The second kappa shape index (κ2) is 9.61. The molecule has 0 bridgehead atoms. The fourth-order valence-corrected chi connectivity index (χ4v) is 3.70. The number of rotatable bonds is 6. The lowest BCUT2D eigenvalue weighted by atomic mass is 9.98. The smallest absolute Gasteiger partial charge is 0.260 e. The molecule has 1 saturated heterocycles. The number of aliphatic hydroxyl groups excluding tert-OH is 1. The van der Waals surface area contributed by atoms with E-state index in [2.05, 4.69) is 20.1 Å². The van der Waals surface area contributed by atoms with Crippen molar-refractivity contribution in [2.24, 2.45) is 5.92 Å². The molecule has 7 nitrogen and oxygen atoms in total. The van der Waals surface area contributed by atoms with E-state index in [1.807, 2.05) is 12.1 Å². The van der Waals surface area contributed by atoms with Crippen LogP contribution >= 0.6 is 0 Å². The van der Waals surface area contributed by atoms with Crippen LogP contribution in [-0.4, -0.2) is 45.9 Å². The summed E-state index contributed by atoms with van der Waals surface area (Å²) in [5.74, 6) is 0.640. The molecule has 0 atom stereocenters. The molecule has 1 aromatic carbocycles. The highest BCUT2D eigenvalue weighted by molar-refractivity contribution is 6.05.